The van der Waals surface area contributed by atoms with Crippen LogP contribution in [0.5, 0.6) is 0 Å². The van der Waals surface area contributed by atoms with Gasteiger partial charge in [0.25, 0.3) is 0 Å². The van der Waals surface area contributed by atoms with E-state index in [0.717, 1.165) is 0 Å². The van der Waals surface area contributed by atoms with Gasteiger partial charge < -0.3 is 20.6 Å². The van der Waals surface area contributed by atoms with Crippen LogP contribution >= 0.6 is 0 Å². The Morgan fingerprint density at radius 1 is 1.35 bits per heavy atom. The standard InChI is InChI=1S/C10H19NO5.Ca.2H/c1-10(2,6-12)8(15)9(16)11-5-3-4-7(13)14;;;/h8,12,15H,3-6H2,1-2H3,(H,11,16)(H,13,14);;;/t8-;;;/m0.../s1. The molecule has 0 rings (SSSR count). The molecular weight excluding hydrogens is 254 g/mol. The summed E-state index contributed by atoms with van der Waals surface area (Å²) in [6.07, 6.45) is -1.02. The second-order valence-corrected chi connectivity index (χ2v) is 4.34. The summed E-state index contributed by atoms with van der Waals surface area (Å²) in [5.74, 6) is -1.52. The number of carbonyl (C=O) groups is 2. The van der Waals surface area contributed by atoms with Crippen LogP contribution in [0.15, 0.2) is 0 Å². The van der Waals surface area contributed by atoms with E-state index in [4.69, 9.17) is 10.2 Å². The molecule has 0 radical (unpaired) electrons. The fourth-order valence-corrected chi connectivity index (χ4v) is 0.989. The molecule has 0 aromatic carbocycles. The van der Waals surface area contributed by atoms with Crippen molar-refractivity contribution >= 4 is 49.6 Å². The van der Waals surface area contributed by atoms with Crippen LogP contribution < -0.4 is 5.32 Å². The van der Waals surface area contributed by atoms with Gasteiger partial charge >= 0.3 is 43.7 Å². The maximum absolute atomic E-state index is 11.4. The van der Waals surface area contributed by atoms with Crippen molar-refractivity contribution in [3.05, 3.63) is 0 Å². The molecule has 0 aliphatic heterocycles. The van der Waals surface area contributed by atoms with Gasteiger partial charge in [-0.25, -0.2) is 0 Å². The second-order valence-electron chi connectivity index (χ2n) is 4.34. The van der Waals surface area contributed by atoms with Gasteiger partial charge in [-0.2, -0.15) is 0 Å². The van der Waals surface area contributed by atoms with E-state index >= 15 is 0 Å². The van der Waals surface area contributed by atoms with E-state index in [-0.39, 0.29) is 57.3 Å². The Kier molecular flexibility index (Phi) is 10.4. The Bertz CT molecular complexity index is 257. The summed E-state index contributed by atoms with van der Waals surface area (Å²) in [6, 6.07) is 0. The van der Waals surface area contributed by atoms with Crippen LogP contribution in [0, 0.1) is 5.41 Å². The number of aliphatic carboxylic acids is 1. The minimum absolute atomic E-state index is 0. The fourth-order valence-electron chi connectivity index (χ4n) is 0.989. The van der Waals surface area contributed by atoms with Crippen LogP contribution in [0.1, 0.15) is 26.7 Å². The van der Waals surface area contributed by atoms with Gasteiger partial charge in [-0.3, -0.25) is 9.59 Å². The van der Waals surface area contributed by atoms with Crippen molar-refractivity contribution in [2.24, 2.45) is 5.41 Å². The quantitative estimate of drug-likeness (QED) is 0.332. The molecule has 0 saturated carbocycles. The molecule has 1 atom stereocenters. The first-order valence-electron chi connectivity index (χ1n) is 5.09. The number of aliphatic hydroxyl groups excluding tert-OH is 2. The van der Waals surface area contributed by atoms with E-state index in [1.807, 2.05) is 0 Å². The summed E-state index contributed by atoms with van der Waals surface area (Å²) in [7, 11) is 0. The van der Waals surface area contributed by atoms with Gasteiger partial charge in [-0.05, 0) is 6.42 Å². The van der Waals surface area contributed by atoms with Crippen molar-refractivity contribution < 1.29 is 24.9 Å². The summed E-state index contributed by atoms with van der Waals surface area (Å²) < 4.78 is 0. The Balaban J connectivity index is 0. The van der Waals surface area contributed by atoms with Crippen LogP contribution in [0.2, 0.25) is 0 Å². The van der Waals surface area contributed by atoms with Crippen LogP contribution in [0.25, 0.3) is 0 Å². The molecule has 98 valence electrons. The first kappa shape index (κ1) is 19.5. The molecule has 0 aromatic rings. The number of rotatable bonds is 7. The van der Waals surface area contributed by atoms with Crippen molar-refractivity contribution in [3.63, 3.8) is 0 Å². The zero-order valence-electron chi connectivity index (χ0n) is 9.56. The number of hydrogen-bond acceptors (Lipinski definition) is 4. The molecule has 0 unspecified atom stereocenters. The molecule has 4 N–H and O–H groups in total. The zero-order chi connectivity index (χ0) is 12.8. The minimum atomic E-state index is -1.30. The molecule has 0 aromatic heterocycles. The molecule has 17 heavy (non-hydrogen) atoms. The van der Waals surface area contributed by atoms with Crippen molar-refractivity contribution in [2.45, 2.75) is 32.8 Å². The Labute approximate surface area is 130 Å². The van der Waals surface area contributed by atoms with Crippen molar-refractivity contribution in [3.8, 4) is 0 Å². The summed E-state index contributed by atoms with van der Waals surface area (Å²) in [5, 5.41) is 29.3. The molecule has 1 amide bonds. The summed E-state index contributed by atoms with van der Waals surface area (Å²) in [4.78, 5) is 21.6. The molecule has 0 spiro atoms. The van der Waals surface area contributed by atoms with Crippen molar-refractivity contribution in [1.82, 2.24) is 5.32 Å². The molecule has 7 heteroatoms. The fraction of sp³-hybridized carbons (Fsp3) is 0.800. The molecule has 0 saturated heterocycles. The van der Waals surface area contributed by atoms with Crippen molar-refractivity contribution in [2.75, 3.05) is 13.2 Å². The molecule has 0 fully saturated rings. The predicted molar refractivity (Wildman–Crippen MR) is 65.3 cm³/mol. The topological polar surface area (TPSA) is 107 Å². The van der Waals surface area contributed by atoms with Crippen LogP contribution in [0.3, 0.4) is 0 Å². The third-order valence-corrected chi connectivity index (χ3v) is 2.26. The van der Waals surface area contributed by atoms with Crippen molar-refractivity contribution in [1.29, 1.82) is 0 Å². The number of amides is 1. The summed E-state index contributed by atoms with van der Waals surface area (Å²) in [6.45, 7) is 3.02. The van der Waals surface area contributed by atoms with Crippen LogP contribution in [-0.4, -0.2) is 84.2 Å². The first-order chi connectivity index (χ1) is 7.31. The SMILES string of the molecule is CC(C)(CO)[C@@H](O)C(=O)NCCCC(=O)O.[CaH2]. The summed E-state index contributed by atoms with van der Waals surface area (Å²) in [5.41, 5.74) is -0.906. The number of hydrogen-bond donors (Lipinski definition) is 4. The van der Waals surface area contributed by atoms with Crippen LogP contribution in [0.4, 0.5) is 0 Å². The Hall–Kier alpha value is 0.120. The number of carboxylic acid groups (broad SMARTS) is 1. The van der Waals surface area contributed by atoms with Gasteiger partial charge in [0.2, 0.25) is 5.91 Å². The summed E-state index contributed by atoms with van der Waals surface area (Å²) >= 11 is 0. The molecule has 0 heterocycles. The average molecular weight is 275 g/mol. The molecule has 6 nitrogen and oxygen atoms in total. The number of carboxylic acids is 1. The number of nitrogens with one attached hydrogen (secondary N) is 1. The number of aliphatic hydroxyl groups is 2. The monoisotopic (exact) mass is 275 g/mol. The van der Waals surface area contributed by atoms with Crippen LogP contribution in [-0.2, 0) is 9.59 Å². The van der Waals surface area contributed by atoms with E-state index in [9.17, 15) is 14.7 Å². The average Bonchev–Trinajstić information content (AvgIpc) is 2.22. The molecular formula is C10H21CaNO5. The normalized spacial score (nSPS) is 12.5. The Morgan fingerprint density at radius 2 is 1.88 bits per heavy atom. The zero-order valence-corrected chi connectivity index (χ0v) is 9.56. The third-order valence-electron chi connectivity index (χ3n) is 2.26. The first-order valence-corrected chi connectivity index (χ1v) is 5.09. The van der Waals surface area contributed by atoms with Gasteiger partial charge in [-0.1, -0.05) is 13.8 Å². The van der Waals surface area contributed by atoms with Gasteiger partial charge in [-0.15, -0.1) is 0 Å². The van der Waals surface area contributed by atoms with E-state index in [0.29, 0.717) is 6.42 Å². The maximum atomic E-state index is 11.4. The van der Waals surface area contributed by atoms with E-state index in [2.05, 4.69) is 5.32 Å². The van der Waals surface area contributed by atoms with E-state index < -0.39 is 23.4 Å². The van der Waals surface area contributed by atoms with E-state index in [1.165, 1.54) is 0 Å². The van der Waals surface area contributed by atoms with Gasteiger partial charge in [0.15, 0.2) is 0 Å². The van der Waals surface area contributed by atoms with Gasteiger partial charge in [0.1, 0.15) is 6.10 Å². The molecule has 0 bridgehead atoms. The predicted octanol–water partition coefficient (Wildman–Crippen LogP) is -1.57. The Morgan fingerprint density at radius 3 is 2.29 bits per heavy atom. The molecule has 0 aliphatic rings. The second kappa shape index (κ2) is 9.10. The molecule has 0 aliphatic carbocycles. The third kappa shape index (κ3) is 7.94. The van der Waals surface area contributed by atoms with Gasteiger partial charge in [0, 0.05) is 18.4 Å². The number of carbonyl (C=O) groups excluding carboxylic acids is 1. The van der Waals surface area contributed by atoms with E-state index in [1.54, 1.807) is 13.8 Å². The van der Waals surface area contributed by atoms with Gasteiger partial charge in [0.05, 0.1) is 6.61 Å².